The number of urea groups is 1. The van der Waals surface area contributed by atoms with Crippen LogP contribution in [0.15, 0.2) is 29.4 Å². The van der Waals surface area contributed by atoms with E-state index in [1.54, 1.807) is 24.3 Å². The molecule has 5 nitrogen and oxygen atoms in total. The number of Topliss-reactive ketones (excluding diaryl/α,β-unsaturated/α-hetero) is 1. The maximum absolute atomic E-state index is 11.2. The molecule has 0 atom stereocenters. The molecule has 75 valence electrons. The molecule has 1 aromatic carbocycles. The van der Waals surface area contributed by atoms with Crippen LogP contribution in [0.4, 0.5) is 4.79 Å². The summed E-state index contributed by atoms with van der Waals surface area (Å²) in [4.78, 5) is 21.4. The fourth-order valence-corrected chi connectivity index (χ4v) is 0.729. The molecule has 1 radical (unpaired) electrons. The number of nitrogens with two attached hydrogens (primary N) is 1. The van der Waals surface area contributed by atoms with Gasteiger partial charge in [0.05, 0.1) is 0 Å². The summed E-state index contributed by atoms with van der Waals surface area (Å²) in [6, 6.07) is 8.42. The number of hydrazone groups is 1. The number of rotatable bonds is 3. The molecule has 0 saturated carbocycles. The Morgan fingerprint density at radius 2 is 2.20 bits per heavy atom. The Labute approximate surface area is 112 Å². The van der Waals surface area contributed by atoms with E-state index in [-0.39, 0.29) is 32.7 Å². The summed E-state index contributed by atoms with van der Waals surface area (Å²) in [6.45, 7) is 0. The minimum Gasteiger partial charge on any atom is -0.388 e. The Hall–Kier alpha value is -1.07. The Kier molecular flexibility index (Phi) is 6.74. The topological polar surface area (TPSA) is 84.6 Å². The van der Waals surface area contributed by atoms with Crippen molar-refractivity contribution in [1.82, 2.24) is 5.43 Å². The van der Waals surface area contributed by atoms with Gasteiger partial charge in [-0.15, -0.1) is 12.3 Å². The predicted molar refractivity (Wildman–Crippen MR) is 49.8 cm³/mol. The van der Waals surface area contributed by atoms with Crippen molar-refractivity contribution in [3.63, 3.8) is 0 Å². The minimum atomic E-state index is -0.845. The second-order valence-electron chi connectivity index (χ2n) is 2.31. The first-order valence-corrected chi connectivity index (χ1v) is 3.72. The zero-order chi connectivity index (χ0) is 10.4. The summed E-state index contributed by atoms with van der Waals surface area (Å²) < 4.78 is 0. The van der Waals surface area contributed by atoms with E-state index >= 15 is 0 Å². The minimum absolute atomic E-state index is 0. The summed E-state index contributed by atoms with van der Waals surface area (Å²) in [7, 11) is 0. The van der Waals surface area contributed by atoms with Crippen molar-refractivity contribution in [3.8, 4) is 0 Å². The van der Waals surface area contributed by atoms with E-state index in [2.05, 4.69) is 17.4 Å². The van der Waals surface area contributed by atoms with Gasteiger partial charge in [0.2, 0.25) is 0 Å². The molecule has 6 heteroatoms. The van der Waals surface area contributed by atoms with Gasteiger partial charge in [0.1, 0.15) is 0 Å². The Morgan fingerprint density at radius 1 is 1.47 bits per heavy atom. The summed E-state index contributed by atoms with van der Waals surface area (Å²) in [5, 5.41) is 3.20. The van der Waals surface area contributed by atoms with Crippen LogP contribution >= 0.6 is 0 Å². The van der Waals surface area contributed by atoms with Crippen LogP contribution in [0, 0.1) is 6.07 Å². The van der Waals surface area contributed by atoms with Crippen LogP contribution in [0.5, 0.6) is 0 Å². The maximum atomic E-state index is 11.2. The molecule has 1 aromatic rings. The van der Waals surface area contributed by atoms with Gasteiger partial charge in [-0.2, -0.15) is 12.1 Å². The Bertz CT molecular complexity index is 365. The van der Waals surface area contributed by atoms with Gasteiger partial charge in [-0.1, -0.05) is 0 Å². The number of carbonyl (C=O) groups excluding carboxylic acids is 2. The molecule has 1 rings (SSSR count). The molecule has 0 fully saturated rings. The molecule has 0 aliphatic carbocycles. The number of hydrogen-bond acceptors (Lipinski definition) is 3. The van der Waals surface area contributed by atoms with Gasteiger partial charge in [-0.3, -0.25) is 10.7 Å². The first kappa shape index (κ1) is 13.9. The van der Waals surface area contributed by atoms with E-state index < -0.39 is 11.8 Å². The van der Waals surface area contributed by atoms with Gasteiger partial charge in [0.25, 0.3) is 0 Å². The first-order chi connectivity index (χ1) is 6.70. The molecule has 0 aromatic heterocycles. The van der Waals surface area contributed by atoms with Crippen molar-refractivity contribution in [2.24, 2.45) is 10.8 Å². The third-order valence-corrected chi connectivity index (χ3v) is 1.28. The third-order valence-electron chi connectivity index (χ3n) is 1.28. The summed E-state index contributed by atoms with van der Waals surface area (Å²) in [5.41, 5.74) is 6.90. The number of benzene rings is 1. The van der Waals surface area contributed by atoms with Crippen molar-refractivity contribution in [2.75, 3.05) is 0 Å². The number of nitrogens with zero attached hydrogens (tertiary/aromatic N) is 1. The normalized spacial score (nSPS) is 9.33. The molecule has 0 saturated heterocycles. The second-order valence-corrected chi connectivity index (χ2v) is 2.31. The summed E-state index contributed by atoms with van der Waals surface area (Å²) in [5.74, 6) is -0.473. The molecule has 2 amide bonds. The SMILES string of the molecule is NC(=O)NN=[C-]C(=O)c1[c-]cccc1.[Y]. The van der Waals surface area contributed by atoms with Crippen molar-refractivity contribution in [1.29, 1.82) is 0 Å². The molecule has 0 spiro atoms. The Balaban J connectivity index is 0.00000196. The molecule has 15 heavy (non-hydrogen) atoms. The molecule has 0 aliphatic rings. The van der Waals surface area contributed by atoms with Crippen LogP contribution in [0.25, 0.3) is 0 Å². The third kappa shape index (κ3) is 5.39. The Morgan fingerprint density at radius 3 is 2.73 bits per heavy atom. The average molecular weight is 278 g/mol. The molecule has 0 bridgehead atoms. The van der Waals surface area contributed by atoms with Crippen molar-refractivity contribution in [2.45, 2.75) is 0 Å². The van der Waals surface area contributed by atoms with E-state index in [1.807, 2.05) is 5.43 Å². The number of carbonyl (C=O) groups is 2. The average Bonchev–Trinajstić information content (AvgIpc) is 2.18. The van der Waals surface area contributed by atoms with Crippen LogP contribution in [0.3, 0.4) is 0 Å². The summed E-state index contributed by atoms with van der Waals surface area (Å²) in [6.07, 6.45) is 2.07. The van der Waals surface area contributed by atoms with Crippen LogP contribution in [0.2, 0.25) is 0 Å². The van der Waals surface area contributed by atoms with Crippen molar-refractivity contribution >= 4 is 18.0 Å². The zero-order valence-corrected chi connectivity index (χ0v) is 10.6. The van der Waals surface area contributed by atoms with E-state index in [9.17, 15) is 9.59 Å². The van der Waals surface area contributed by atoms with Gasteiger partial charge in [0, 0.05) is 32.7 Å². The van der Waals surface area contributed by atoms with Crippen LogP contribution < -0.4 is 11.2 Å². The first-order valence-electron chi connectivity index (χ1n) is 3.72. The monoisotopic (exact) mass is 278 g/mol. The maximum Gasteiger partial charge on any atom is 0.331 e. The zero-order valence-electron chi connectivity index (χ0n) is 7.73. The van der Waals surface area contributed by atoms with Gasteiger partial charge < -0.3 is 10.5 Å². The van der Waals surface area contributed by atoms with Crippen molar-refractivity contribution in [3.05, 3.63) is 35.9 Å². The standard InChI is InChI=1S/C9H7N3O2.Y/c10-9(14)12-11-6-8(13)7-4-2-1-3-5-7;/h1-4H,(H3,10,12,14);/q-2;. The number of nitrogens with one attached hydrogen (secondary N) is 1. The number of hydrogen-bond donors (Lipinski definition) is 2. The largest absolute Gasteiger partial charge is 0.388 e. The summed E-state index contributed by atoms with van der Waals surface area (Å²) >= 11 is 0. The smallest absolute Gasteiger partial charge is 0.331 e. The van der Waals surface area contributed by atoms with E-state index in [0.29, 0.717) is 5.56 Å². The number of ketones is 1. The molecule has 0 aliphatic heterocycles. The van der Waals surface area contributed by atoms with E-state index in [4.69, 9.17) is 5.73 Å². The van der Waals surface area contributed by atoms with Crippen LogP contribution in [-0.4, -0.2) is 18.0 Å². The quantitative estimate of drug-likeness (QED) is 0.358. The molecule has 3 N–H and O–H groups in total. The fraction of sp³-hybridized carbons (Fsp3) is 0. The van der Waals surface area contributed by atoms with E-state index in [1.165, 1.54) is 0 Å². The van der Waals surface area contributed by atoms with E-state index in [0.717, 1.165) is 0 Å². The van der Waals surface area contributed by atoms with Crippen LogP contribution in [0.1, 0.15) is 10.4 Å². The van der Waals surface area contributed by atoms with Crippen LogP contribution in [-0.2, 0) is 32.7 Å². The van der Waals surface area contributed by atoms with Gasteiger partial charge in [0.15, 0.2) is 0 Å². The molecule has 0 heterocycles. The second kappa shape index (κ2) is 7.26. The van der Waals surface area contributed by atoms with Crippen molar-refractivity contribution < 1.29 is 42.3 Å². The molecular formula is C9H7N3O2Y-2. The molecule has 0 unspecified atom stereocenters. The number of amides is 2. The molecular weight excluding hydrogens is 271 g/mol. The van der Waals surface area contributed by atoms with Gasteiger partial charge in [-0.05, 0) is 5.78 Å². The number of primary amides is 1. The van der Waals surface area contributed by atoms with Gasteiger partial charge in [-0.25, -0.2) is 22.4 Å². The van der Waals surface area contributed by atoms with Gasteiger partial charge >= 0.3 is 6.03 Å². The fourth-order valence-electron chi connectivity index (χ4n) is 0.729. The predicted octanol–water partition coefficient (Wildman–Crippen LogP) is 0.198.